The van der Waals surface area contributed by atoms with E-state index in [1.165, 1.54) is 61.2 Å². The molecule has 2 aliphatic heterocycles. The molecule has 0 atom stereocenters. The predicted octanol–water partition coefficient (Wildman–Crippen LogP) is 17.4. The highest BCUT2D eigenvalue weighted by Gasteiger charge is 2.53. The molecule has 0 aromatic heterocycles. The monoisotopic (exact) mass is 905 g/mol. The number of hydrogen-bond donors (Lipinski definition) is 0. The number of fused-ring (bicyclic) bond motifs is 18. The molecule has 3 heteroatoms. The van der Waals surface area contributed by atoms with Gasteiger partial charge in [0.05, 0.1) is 22.2 Å². The van der Waals surface area contributed by atoms with E-state index < -0.39 is 10.8 Å². The van der Waals surface area contributed by atoms with Crippen LogP contribution in [0, 0.1) is 0 Å². The van der Waals surface area contributed by atoms with Crippen LogP contribution in [0.2, 0.25) is 0 Å². The molecular formula is C68H43NO2. The van der Waals surface area contributed by atoms with Gasteiger partial charge in [0.2, 0.25) is 0 Å². The van der Waals surface area contributed by atoms with Crippen molar-refractivity contribution >= 4 is 17.1 Å². The Labute approximate surface area is 413 Å². The Balaban J connectivity index is 0.925. The average molecular weight is 906 g/mol. The third kappa shape index (κ3) is 5.43. The van der Waals surface area contributed by atoms with Crippen molar-refractivity contribution in [3.63, 3.8) is 0 Å². The summed E-state index contributed by atoms with van der Waals surface area (Å²) in [4.78, 5) is 2.49. The quantitative estimate of drug-likeness (QED) is 0.172. The summed E-state index contributed by atoms with van der Waals surface area (Å²) in [6.45, 7) is 0. The Bertz CT molecular complexity index is 3870. The minimum Gasteiger partial charge on any atom is -0.457 e. The minimum atomic E-state index is -0.596. The van der Waals surface area contributed by atoms with Crippen LogP contribution in [0.25, 0.3) is 44.5 Å². The maximum absolute atomic E-state index is 6.71. The van der Waals surface area contributed by atoms with Crippen molar-refractivity contribution in [2.75, 3.05) is 4.90 Å². The van der Waals surface area contributed by atoms with E-state index in [9.17, 15) is 0 Å². The van der Waals surface area contributed by atoms with Gasteiger partial charge in [0, 0.05) is 39.1 Å². The fourth-order valence-electron chi connectivity index (χ4n) is 12.8. The zero-order chi connectivity index (χ0) is 46.7. The fourth-order valence-corrected chi connectivity index (χ4v) is 12.8. The number of ether oxygens (including phenoxy) is 2. The standard InChI is InChI=1S/C68H43NO2/c1-2-19-45(20-3-1)48-21-6-13-31-60(48)69(61-32-18-30-59-66(61)50-23-5-8-25-53(50)68(59)57-28-11-16-35-64(57)71-65-36-17-12-29-58(65)68)47-40-37-44(38-41-47)46-39-42-54-51(43-46)49-22-4-7-24-52(49)67(54)55-26-9-14-33-62(55)70-63-34-15-10-27-56(63)67/h1-43H. The third-order valence-corrected chi connectivity index (χ3v) is 15.6. The van der Waals surface area contributed by atoms with Crippen LogP contribution < -0.4 is 14.4 Å². The van der Waals surface area contributed by atoms with Gasteiger partial charge in [-0.3, -0.25) is 0 Å². The summed E-state index contributed by atoms with van der Waals surface area (Å²) in [6.07, 6.45) is 0. The fraction of sp³-hybridized carbons (Fsp3) is 0.0294. The maximum atomic E-state index is 6.71. The molecule has 0 unspecified atom stereocenters. The SMILES string of the molecule is c1ccc(-c2ccccc2N(c2ccc(-c3ccc4c(c3)-c3ccccc3C43c4ccccc4Oc4ccccc43)cc2)c2cccc3c2-c2ccccc2C32c3ccccc3Oc3ccccc32)cc1. The molecule has 3 nitrogen and oxygen atoms in total. The normalized spacial score (nSPS) is 14.1. The first-order valence-electron chi connectivity index (χ1n) is 24.5. The van der Waals surface area contributed by atoms with Gasteiger partial charge < -0.3 is 14.4 Å². The molecule has 15 rings (SSSR count). The van der Waals surface area contributed by atoms with Gasteiger partial charge in [-0.1, -0.05) is 206 Å². The number of anilines is 3. The van der Waals surface area contributed by atoms with Crippen molar-refractivity contribution in [2.24, 2.45) is 0 Å². The van der Waals surface area contributed by atoms with Crippen molar-refractivity contribution in [2.45, 2.75) is 10.8 Å². The Kier molecular flexibility index (Phi) is 8.49. The molecule has 2 aliphatic carbocycles. The summed E-state index contributed by atoms with van der Waals surface area (Å²) in [5, 5.41) is 0. The molecule has 0 radical (unpaired) electrons. The van der Waals surface area contributed by atoms with Gasteiger partial charge in [0.15, 0.2) is 0 Å². The first-order valence-corrected chi connectivity index (χ1v) is 24.5. The van der Waals surface area contributed by atoms with E-state index in [1.54, 1.807) is 0 Å². The van der Waals surface area contributed by atoms with Gasteiger partial charge in [-0.2, -0.15) is 0 Å². The maximum Gasteiger partial charge on any atom is 0.132 e. The number of para-hydroxylation sites is 5. The second-order valence-corrected chi connectivity index (χ2v) is 19.0. The summed E-state index contributed by atoms with van der Waals surface area (Å²) in [5.74, 6) is 3.57. The van der Waals surface area contributed by atoms with Crippen LogP contribution in [0.4, 0.5) is 17.1 Å². The van der Waals surface area contributed by atoms with Crippen LogP contribution in [-0.4, -0.2) is 0 Å². The van der Waals surface area contributed by atoms with Crippen molar-refractivity contribution in [3.05, 3.63) is 305 Å². The topological polar surface area (TPSA) is 21.7 Å². The van der Waals surface area contributed by atoms with Gasteiger partial charge in [-0.15, -0.1) is 0 Å². The molecule has 0 fully saturated rings. The molecule has 11 aromatic rings. The molecule has 71 heavy (non-hydrogen) atoms. The second kappa shape index (κ2) is 15.2. The van der Waals surface area contributed by atoms with E-state index in [-0.39, 0.29) is 0 Å². The second-order valence-electron chi connectivity index (χ2n) is 19.0. The van der Waals surface area contributed by atoms with E-state index in [0.717, 1.165) is 67.9 Å². The molecule has 2 heterocycles. The Morgan fingerprint density at radius 2 is 0.676 bits per heavy atom. The van der Waals surface area contributed by atoms with Crippen molar-refractivity contribution < 1.29 is 9.47 Å². The molecule has 2 spiro atoms. The van der Waals surface area contributed by atoms with Gasteiger partial charge in [-0.05, 0) is 110 Å². The predicted molar refractivity (Wildman–Crippen MR) is 287 cm³/mol. The lowest BCUT2D eigenvalue weighted by Crippen LogP contribution is -2.32. The van der Waals surface area contributed by atoms with Gasteiger partial charge in [0.25, 0.3) is 0 Å². The van der Waals surface area contributed by atoms with E-state index in [2.05, 4.69) is 266 Å². The number of benzene rings is 11. The van der Waals surface area contributed by atoms with E-state index in [4.69, 9.17) is 9.47 Å². The molecule has 0 saturated carbocycles. The molecule has 0 bridgehead atoms. The highest BCUT2D eigenvalue weighted by atomic mass is 16.5. The van der Waals surface area contributed by atoms with Crippen molar-refractivity contribution in [1.82, 2.24) is 0 Å². The van der Waals surface area contributed by atoms with Crippen LogP contribution in [0.15, 0.2) is 261 Å². The number of hydrogen-bond acceptors (Lipinski definition) is 3. The van der Waals surface area contributed by atoms with Crippen LogP contribution in [-0.2, 0) is 10.8 Å². The summed E-state index contributed by atoms with van der Waals surface area (Å²) in [5.41, 5.74) is 21.4. The van der Waals surface area contributed by atoms with Crippen LogP contribution >= 0.6 is 0 Å². The first kappa shape index (κ1) is 39.8. The molecular weight excluding hydrogens is 863 g/mol. The highest BCUT2D eigenvalue weighted by Crippen LogP contribution is 2.65. The van der Waals surface area contributed by atoms with E-state index >= 15 is 0 Å². The molecule has 4 aliphatic rings. The molecule has 11 aromatic carbocycles. The third-order valence-electron chi connectivity index (χ3n) is 15.6. The highest BCUT2D eigenvalue weighted by molar-refractivity contribution is 6.00. The van der Waals surface area contributed by atoms with Gasteiger partial charge in [0.1, 0.15) is 23.0 Å². The summed E-state index contributed by atoms with van der Waals surface area (Å²) < 4.78 is 13.3. The smallest absolute Gasteiger partial charge is 0.132 e. The lowest BCUT2D eigenvalue weighted by molar-refractivity contribution is 0.436. The lowest BCUT2D eigenvalue weighted by Gasteiger charge is -2.39. The van der Waals surface area contributed by atoms with E-state index in [0.29, 0.717) is 0 Å². The molecule has 332 valence electrons. The Morgan fingerprint density at radius 1 is 0.254 bits per heavy atom. The van der Waals surface area contributed by atoms with E-state index in [1.807, 2.05) is 0 Å². The van der Waals surface area contributed by atoms with Crippen molar-refractivity contribution in [3.8, 4) is 67.5 Å². The summed E-state index contributed by atoms with van der Waals surface area (Å²) >= 11 is 0. The zero-order valence-corrected chi connectivity index (χ0v) is 38.6. The van der Waals surface area contributed by atoms with Crippen LogP contribution in [0.3, 0.4) is 0 Å². The van der Waals surface area contributed by atoms with Crippen LogP contribution in [0.5, 0.6) is 23.0 Å². The number of nitrogens with zero attached hydrogens (tertiary/aromatic N) is 1. The zero-order valence-electron chi connectivity index (χ0n) is 38.6. The lowest BCUT2D eigenvalue weighted by atomic mass is 9.66. The largest absolute Gasteiger partial charge is 0.457 e. The van der Waals surface area contributed by atoms with Crippen LogP contribution in [0.1, 0.15) is 44.5 Å². The molecule has 0 N–H and O–H groups in total. The summed E-state index contributed by atoms with van der Waals surface area (Å²) in [7, 11) is 0. The average Bonchev–Trinajstić information content (AvgIpc) is 3.91. The summed E-state index contributed by atoms with van der Waals surface area (Å²) in [6, 6.07) is 95.0. The van der Waals surface area contributed by atoms with Gasteiger partial charge >= 0.3 is 0 Å². The van der Waals surface area contributed by atoms with Crippen molar-refractivity contribution in [1.29, 1.82) is 0 Å². The first-order chi connectivity index (χ1) is 35.2. The van der Waals surface area contributed by atoms with Gasteiger partial charge in [-0.25, -0.2) is 0 Å². The Hall–Kier alpha value is -9.18. The molecule has 0 saturated heterocycles. The minimum absolute atomic E-state index is 0.506. The molecule has 0 amide bonds. The Morgan fingerprint density at radius 3 is 1.28 bits per heavy atom. The number of rotatable bonds is 5.